The summed E-state index contributed by atoms with van der Waals surface area (Å²) in [7, 11) is 0. The zero-order valence-corrected chi connectivity index (χ0v) is 18.9. The van der Waals surface area contributed by atoms with Gasteiger partial charge in [-0.2, -0.15) is 0 Å². The number of rotatable bonds is 5. The summed E-state index contributed by atoms with van der Waals surface area (Å²) in [6, 6.07) is 9.04. The molecule has 0 saturated heterocycles. The minimum Gasteiger partial charge on any atom is -0.362 e. The second-order valence-electron chi connectivity index (χ2n) is 7.43. The summed E-state index contributed by atoms with van der Waals surface area (Å²) >= 11 is 12.4. The van der Waals surface area contributed by atoms with E-state index in [-0.39, 0.29) is 10.4 Å². The molecule has 168 valence electrons. The Bertz CT molecular complexity index is 1440. The molecule has 0 amide bonds. The lowest BCUT2D eigenvalue weighted by molar-refractivity contribution is 0.628. The van der Waals surface area contributed by atoms with Crippen molar-refractivity contribution in [2.24, 2.45) is 0 Å². The van der Waals surface area contributed by atoms with E-state index in [1.165, 1.54) is 23.0 Å². The molecule has 3 heterocycles. The fourth-order valence-corrected chi connectivity index (χ4v) is 4.28. The van der Waals surface area contributed by atoms with E-state index < -0.39 is 17.4 Å². The Morgan fingerprint density at radius 1 is 1.21 bits per heavy atom. The molecule has 0 fully saturated rings. The molecular weight excluding hydrogens is 468 g/mol. The molecule has 0 radical (unpaired) electrons. The van der Waals surface area contributed by atoms with Crippen molar-refractivity contribution in [3.8, 4) is 5.69 Å². The minimum atomic E-state index is -0.686. The van der Waals surface area contributed by atoms with Crippen molar-refractivity contribution in [2.75, 3.05) is 22.6 Å². The predicted octanol–water partition coefficient (Wildman–Crippen LogP) is 4.98. The van der Waals surface area contributed by atoms with Gasteiger partial charge in [-0.05, 0) is 36.8 Å². The number of anilines is 3. The van der Waals surface area contributed by atoms with Crippen LogP contribution in [0.3, 0.4) is 0 Å². The molecular formula is C22H18Cl2FN7O. The van der Waals surface area contributed by atoms with E-state index in [1.807, 2.05) is 6.92 Å². The fourth-order valence-electron chi connectivity index (χ4n) is 3.85. The lowest BCUT2D eigenvalue weighted by Gasteiger charge is -2.23. The van der Waals surface area contributed by atoms with E-state index in [4.69, 9.17) is 28.2 Å². The van der Waals surface area contributed by atoms with Crippen LogP contribution in [0, 0.1) is 5.82 Å². The van der Waals surface area contributed by atoms with E-state index in [1.54, 1.807) is 24.3 Å². The number of halogens is 3. The summed E-state index contributed by atoms with van der Waals surface area (Å²) < 4.78 is 15.6. The molecule has 3 N–H and O–H groups in total. The van der Waals surface area contributed by atoms with Gasteiger partial charge in [0.15, 0.2) is 11.6 Å². The van der Waals surface area contributed by atoms with Gasteiger partial charge < -0.3 is 16.0 Å². The number of fused-ring (bicyclic) bond motifs is 2. The summed E-state index contributed by atoms with van der Waals surface area (Å²) in [6.45, 7) is 2.49. The number of aromatic nitrogens is 4. The van der Waals surface area contributed by atoms with Crippen molar-refractivity contribution < 1.29 is 4.39 Å². The van der Waals surface area contributed by atoms with Crippen LogP contribution in [0.15, 0.2) is 47.5 Å². The van der Waals surface area contributed by atoms with Crippen LogP contribution >= 0.6 is 23.2 Å². The average Bonchev–Trinajstić information content (AvgIpc) is 3.29. The first kappa shape index (κ1) is 21.4. The van der Waals surface area contributed by atoms with Gasteiger partial charge in [-0.1, -0.05) is 36.2 Å². The van der Waals surface area contributed by atoms with Gasteiger partial charge in [0.25, 0.3) is 5.56 Å². The molecule has 1 unspecified atom stereocenters. The Kier molecular flexibility index (Phi) is 5.51. The molecule has 2 aromatic carbocycles. The van der Waals surface area contributed by atoms with Crippen molar-refractivity contribution in [2.45, 2.75) is 19.4 Å². The minimum absolute atomic E-state index is 0.00374. The maximum absolute atomic E-state index is 14.2. The third kappa shape index (κ3) is 3.73. The summed E-state index contributed by atoms with van der Waals surface area (Å²) in [6.07, 6.45) is 2.02. The van der Waals surface area contributed by atoms with Crippen LogP contribution in [0.5, 0.6) is 0 Å². The van der Waals surface area contributed by atoms with Gasteiger partial charge in [0.2, 0.25) is 0 Å². The molecule has 1 atom stereocenters. The smallest absolute Gasteiger partial charge is 0.267 e. The van der Waals surface area contributed by atoms with Crippen LogP contribution in [0.2, 0.25) is 10.0 Å². The normalized spacial score (nSPS) is 13.3. The van der Waals surface area contributed by atoms with Gasteiger partial charge in [-0.3, -0.25) is 9.36 Å². The third-order valence-corrected chi connectivity index (χ3v) is 6.02. The van der Waals surface area contributed by atoms with E-state index in [2.05, 4.69) is 25.9 Å². The monoisotopic (exact) mass is 485 g/mol. The zero-order valence-electron chi connectivity index (χ0n) is 17.4. The molecule has 2 aromatic heterocycles. The van der Waals surface area contributed by atoms with Crippen molar-refractivity contribution in [1.82, 2.24) is 19.5 Å². The summed E-state index contributed by atoms with van der Waals surface area (Å²) in [5.74, 6) is 0.983. The first-order valence-corrected chi connectivity index (χ1v) is 11.0. The average molecular weight is 486 g/mol. The van der Waals surface area contributed by atoms with Crippen LogP contribution in [0.4, 0.5) is 21.7 Å². The van der Waals surface area contributed by atoms with E-state index in [0.717, 1.165) is 5.69 Å². The maximum Gasteiger partial charge on any atom is 0.267 e. The lowest BCUT2D eigenvalue weighted by Crippen LogP contribution is -2.28. The molecule has 0 spiro atoms. The highest BCUT2D eigenvalue weighted by Gasteiger charge is 2.25. The number of hydrogen-bond donors (Lipinski definition) is 3. The molecule has 33 heavy (non-hydrogen) atoms. The topological polar surface area (TPSA) is 96.8 Å². The lowest BCUT2D eigenvalue weighted by atomic mass is 10.1. The molecule has 1 aliphatic heterocycles. The molecule has 1 aliphatic rings. The Morgan fingerprint density at radius 2 is 2.06 bits per heavy atom. The predicted molar refractivity (Wildman–Crippen MR) is 128 cm³/mol. The zero-order chi connectivity index (χ0) is 23.1. The van der Waals surface area contributed by atoms with Crippen LogP contribution in [-0.4, -0.2) is 26.2 Å². The Hall–Kier alpha value is -3.43. The van der Waals surface area contributed by atoms with Gasteiger partial charge >= 0.3 is 0 Å². The van der Waals surface area contributed by atoms with Gasteiger partial charge in [0.1, 0.15) is 23.7 Å². The highest BCUT2D eigenvalue weighted by Crippen LogP contribution is 2.33. The third-order valence-electron chi connectivity index (χ3n) is 5.42. The number of hydrogen-bond acceptors (Lipinski definition) is 7. The van der Waals surface area contributed by atoms with Crippen LogP contribution in [-0.2, 0) is 0 Å². The molecule has 0 bridgehead atoms. The highest BCUT2D eigenvalue weighted by molar-refractivity contribution is 6.35. The van der Waals surface area contributed by atoms with E-state index >= 15 is 0 Å². The van der Waals surface area contributed by atoms with Crippen molar-refractivity contribution >= 4 is 51.4 Å². The maximum atomic E-state index is 14.2. The Labute approximate surface area is 197 Å². The molecule has 0 saturated carbocycles. The summed E-state index contributed by atoms with van der Waals surface area (Å²) in [4.78, 5) is 27.0. The van der Waals surface area contributed by atoms with Gasteiger partial charge in [-0.25, -0.2) is 19.3 Å². The summed E-state index contributed by atoms with van der Waals surface area (Å²) in [5.41, 5.74) is 1.03. The molecule has 8 nitrogen and oxygen atoms in total. The molecule has 0 aliphatic carbocycles. The molecule has 5 rings (SSSR count). The summed E-state index contributed by atoms with van der Waals surface area (Å²) in [5, 5.41) is 9.87. The van der Waals surface area contributed by atoms with Crippen molar-refractivity contribution in [3.05, 3.63) is 74.8 Å². The van der Waals surface area contributed by atoms with Gasteiger partial charge in [0.05, 0.1) is 34.3 Å². The van der Waals surface area contributed by atoms with Crippen LogP contribution in [0.25, 0.3) is 16.6 Å². The number of nitrogens with one attached hydrogen (secondary N) is 3. The van der Waals surface area contributed by atoms with Crippen LogP contribution in [0.1, 0.15) is 25.2 Å². The fraction of sp³-hybridized carbons (Fsp3) is 0.182. The number of benzene rings is 2. The van der Waals surface area contributed by atoms with Gasteiger partial charge in [-0.15, -0.1) is 0 Å². The molecule has 4 aromatic rings. The standard InChI is InChI=1S/C22H18Cl2FN7O/c1-2-14(30-20-18-19(27-9-26-18)28-10-29-20)21-31-15-7-6-13(25)17(24)16(15)22(33)32(21)12-5-3-4-11(23)8-12/h3-8,10,14,26H,2,9H2,1H3,(H2,27,28,29,30). The quantitative estimate of drug-likeness (QED) is 0.366. The van der Waals surface area contributed by atoms with Crippen molar-refractivity contribution in [3.63, 3.8) is 0 Å². The van der Waals surface area contributed by atoms with E-state index in [0.29, 0.717) is 46.8 Å². The Morgan fingerprint density at radius 3 is 2.85 bits per heavy atom. The highest BCUT2D eigenvalue weighted by atomic mass is 35.5. The Balaban J connectivity index is 1.74. The first-order valence-electron chi connectivity index (χ1n) is 10.2. The van der Waals surface area contributed by atoms with Gasteiger partial charge in [0, 0.05) is 5.02 Å². The number of nitrogens with zero attached hydrogens (tertiary/aromatic N) is 4. The van der Waals surface area contributed by atoms with Crippen molar-refractivity contribution in [1.29, 1.82) is 0 Å². The second-order valence-corrected chi connectivity index (χ2v) is 8.24. The molecule has 11 heteroatoms. The second kappa shape index (κ2) is 8.49. The van der Waals surface area contributed by atoms with Crippen LogP contribution < -0.4 is 21.5 Å². The first-order chi connectivity index (χ1) is 16.0. The largest absolute Gasteiger partial charge is 0.362 e. The SMILES string of the molecule is CCC(Nc1ncnc2c1NCN2)c1nc2ccc(F)c(Cl)c2c(=O)n1-c1cccc(Cl)c1. The van der Waals surface area contributed by atoms with E-state index in [9.17, 15) is 9.18 Å².